The normalized spacial score (nSPS) is 22.6. The second-order valence-electron chi connectivity index (χ2n) is 3.38. The molecule has 2 heteroatoms. The van der Waals surface area contributed by atoms with Crippen LogP contribution in [0.15, 0.2) is 22.7 Å². The minimum absolute atomic E-state index is 0.491. The van der Waals surface area contributed by atoms with E-state index in [1.807, 2.05) is 6.08 Å². The zero-order chi connectivity index (χ0) is 9.14. The first-order chi connectivity index (χ1) is 5.65. The molecule has 0 saturated heterocycles. The molecule has 0 fully saturated rings. The van der Waals surface area contributed by atoms with Gasteiger partial charge in [0.15, 0.2) is 0 Å². The van der Waals surface area contributed by atoms with Gasteiger partial charge in [-0.2, -0.15) is 0 Å². The number of rotatable bonds is 2. The van der Waals surface area contributed by atoms with Crippen molar-refractivity contribution in [3.05, 3.63) is 22.7 Å². The molecule has 1 atom stereocenters. The second kappa shape index (κ2) is 4.24. The standard InChI is InChI=1S/C10H16BrN/c1-4-9(3)12-6-5-8(2)10(11)7-12/h4,9H,1,5-7H2,2-3H3. The second-order valence-corrected chi connectivity index (χ2v) is 4.34. The fourth-order valence-corrected chi connectivity index (χ4v) is 1.86. The van der Waals surface area contributed by atoms with Crippen molar-refractivity contribution in [2.24, 2.45) is 0 Å². The van der Waals surface area contributed by atoms with Crippen LogP contribution in [0.2, 0.25) is 0 Å². The van der Waals surface area contributed by atoms with Crippen LogP contribution >= 0.6 is 15.9 Å². The van der Waals surface area contributed by atoms with Crippen LogP contribution in [0, 0.1) is 0 Å². The summed E-state index contributed by atoms with van der Waals surface area (Å²) in [5.74, 6) is 0. The Morgan fingerprint density at radius 3 is 2.83 bits per heavy atom. The fraction of sp³-hybridized carbons (Fsp3) is 0.600. The number of hydrogen-bond donors (Lipinski definition) is 0. The van der Waals surface area contributed by atoms with Crippen molar-refractivity contribution in [2.75, 3.05) is 13.1 Å². The van der Waals surface area contributed by atoms with E-state index >= 15 is 0 Å². The lowest BCUT2D eigenvalue weighted by Gasteiger charge is -2.31. The molecule has 0 aromatic heterocycles. The van der Waals surface area contributed by atoms with Crippen molar-refractivity contribution in [3.63, 3.8) is 0 Å². The summed E-state index contributed by atoms with van der Waals surface area (Å²) in [6, 6.07) is 0.491. The molecule has 1 unspecified atom stereocenters. The monoisotopic (exact) mass is 229 g/mol. The molecule has 1 aliphatic rings. The fourth-order valence-electron chi connectivity index (χ4n) is 1.34. The SMILES string of the molecule is C=CC(C)N1CCC(C)=C(Br)C1. The first kappa shape index (κ1) is 10.0. The van der Waals surface area contributed by atoms with E-state index in [1.165, 1.54) is 16.5 Å². The van der Waals surface area contributed by atoms with E-state index < -0.39 is 0 Å². The lowest BCUT2D eigenvalue weighted by Crippen LogP contribution is -2.36. The van der Waals surface area contributed by atoms with E-state index in [2.05, 4.69) is 41.3 Å². The lowest BCUT2D eigenvalue weighted by atomic mass is 10.1. The summed E-state index contributed by atoms with van der Waals surface area (Å²) < 4.78 is 1.35. The third-order valence-electron chi connectivity index (χ3n) is 2.50. The highest BCUT2D eigenvalue weighted by molar-refractivity contribution is 9.11. The van der Waals surface area contributed by atoms with Gasteiger partial charge in [-0.05, 0) is 20.3 Å². The smallest absolute Gasteiger partial charge is 0.0305 e. The van der Waals surface area contributed by atoms with Gasteiger partial charge in [0.2, 0.25) is 0 Å². The van der Waals surface area contributed by atoms with Crippen LogP contribution in [-0.4, -0.2) is 24.0 Å². The zero-order valence-electron chi connectivity index (χ0n) is 7.81. The molecule has 1 rings (SSSR count). The predicted octanol–water partition coefficient (Wildman–Crippen LogP) is 2.94. The van der Waals surface area contributed by atoms with Gasteiger partial charge in [0.1, 0.15) is 0 Å². The van der Waals surface area contributed by atoms with Crippen LogP contribution in [-0.2, 0) is 0 Å². The van der Waals surface area contributed by atoms with Crippen molar-refractivity contribution in [1.82, 2.24) is 4.90 Å². The van der Waals surface area contributed by atoms with E-state index in [0.717, 1.165) is 13.1 Å². The lowest BCUT2D eigenvalue weighted by molar-refractivity contribution is 0.258. The third kappa shape index (κ3) is 2.20. The summed E-state index contributed by atoms with van der Waals surface area (Å²) in [6.07, 6.45) is 3.18. The summed E-state index contributed by atoms with van der Waals surface area (Å²) in [7, 11) is 0. The average molecular weight is 230 g/mol. The summed E-state index contributed by atoms with van der Waals surface area (Å²) in [6.45, 7) is 10.4. The molecule has 0 aromatic rings. The highest BCUT2D eigenvalue weighted by atomic mass is 79.9. The molecule has 1 aliphatic heterocycles. The highest BCUT2D eigenvalue weighted by Crippen LogP contribution is 2.23. The molecule has 0 spiro atoms. The molecule has 68 valence electrons. The number of halogens is 1. The van der Waals surface area contributed by atoms with Crippen molar-refractivity contribution in [1.29, 1.82) is 0 Å². The third-order valence-corrected chi connectivity index (χ3v) is 3.42. The Hall–Kier alpha value is -0.0800. The van der Waals surface area contributed by atoms with Gasteiger partial charge in [-0.3, -0.25) is 4.90 Å². The zero-order valence-corrected chi connectivity index (χ0v) is 9.39. The molecule has 0 aromatic carbocycles. The minimum Gasteiger partial charge on any atom is -0.292 e. The van der Waals surface area contributed by atoms with Crippen LogP contribution in [0.25, 0.3) is 0 Å². The maximum Gasteiger partial charge on any atom is 0.0305 e. The average Bonchev–Trinajstić information content (AvgIpc) is 2.08. The Morgan fingerprint density at radius 1 is 1.67 bits per heavy atom. The molecule has 0 N–H and O–H groups in total. The van der Waals surface area contributed by atoms with Crippen molar-refractivity contribution >= 4 is 15.9 Å². The Labute approximate surface area is 83.3 Å². The molecule has 0 aliphatic carbocycles. The van der Waals surface area contributed by atoms with Gasteiger partial charge in [-0.15, -0.1) is 6.58 Å². The minimum atomic E-state index is 0.491. The van der Waals surface area contributed by atoms with Crippen LogP contribution in [0.5, 0.6) is 0 Å². The van der Waals surface area contributed by atoms with Crippen molar-refractivity contribution in [3.8, 4) is 0 Å². The number of nitrogens with zero attached hydrogens (tertiary/aromatic N) is 1. The van der Waals surface area contributed by atoms with Gasteiger partial charge in [0.05, 0.1) is 0 Å². The highest BCUT2D eigenvalue weighted by Gasteiger charge is 2.17. The summed E-state index contributed by atoms with van der Waals surface area (Å²) >= 11 is 3.60. The quantitative estimate of drug-likeness (QED) is 0.659. The van der Waals surface area contributed by atoms with Crippen molar-refractivity contribution < 1.29 is 0 Å². The summed E-state index contributed by atoms with van der Waals surface area (Å²) in [5.41, 5.74) is 1.49. The first-order valence-electron chi connectivity index (χ1n) is 4.36. The summed E-state index contributed by atoms with van der Waals surface area (Å²) in [5, 5.41) is 0. The predicted molar refractivity (Wildman–Crippen MR) is 57.5 cm³/mol. The van der Waals surface area contributed by atoms with Crippen LogP contribution < -0.4 is 0 Å². The van der Waals surface area contributed by atoms with Crippen LogP contribution in [0.3, 0.4) is 0 Å². The molecule has 0 saturated carbocycles. The first-order valence-corrected chi connectivity index (χ1v) is 5.15. The molecular weight excluding hydrogens is 214 g/mol. The molecule has 0 bridgehead atoms. The largest absolute Gasteiger partial charge is 0.292 e. The maximum absolute atomic E-state index is 3.81. The van der Waals surface area contributed by atoms with E-state index in [1.54, 1.807) is 0 Å². The Balaban J connectivity index is 2.60. The summed E-state index contributed by atoms with van der Waals surface area (Å²) in [4.78, 5) is 2.42. The van der Waals surface area contributed by atoms with E-state index in [9.17, 15) is 0 Å². The van der Waals surface area contributed by atoms with Crippen molar-refractivity contribution in [2.45, 2.75) is 26.3 Å². The molecule has 0 amide bonds. The molecule has 0 radical (unpaired) electrons. The Kier molecular flexibility index (Phi) is 3.53. The Bertz CT molecular complexity index is 208. The molecule has 12 heavy (non-hydrogen) atoms. The maximum atomic E-state index is 3.81. The van der Waals surface area contributed by atoms with E-state index in [0.29, 0.717) is 6.04 Å². The van der Waals surface area contributed by atoms with E-state index in [4.69, 9.17) is 0 Å². The molecule has 1 nitrogen and oxygen atoms in total. The topological polar surface area (TPSA) is 3.24 Å². The van der Waals surface area contributed by atoms with Gasteiger partial charge in [0.25, 0.3) is 0 Å². The molecular formula is C10H16BrN. The van der Waals surface area contributed by atoms with Gasteiger partial charge in [-0.25, -0.2) is 0 Å². The molecule has 1 heterocycles. The van der Waals surface area contributed by atoms with Crippen LogP contribution in [0.1, 0.15) is 20.3 Å². The van der Waals surface area contributed by atoms with Gasteiger partial charge >= 0.3 is 0 Å². The van der Waals surface area contributed by atoms with E-state index in [-0.39, 0.29) is 0 Å². The van der Waals surface area contributed by atoms with Gasteiger partial charge < -0.3 is 0 Å². The van der Waals surface area contributed by atoms with Crippen LogP contribution in [0.4, 0.5) is 0 Å². The van der Waals surface area contributed by atoms with Gasteiger partial charge in [0, 0.05) is 23.6 Å². The van der Waals surface area contributed by atoms with Gasteiger partial charge in [-0.1, -0.05) is 27.6 Å². The number of hydrogen-bond acceptors (Lipinski definition) is 1. The Morgan fingerprint density at radius 2 is 2.33 bits per heavy atom.